The van der Waals surface area contributed by atoms with Crippen LogP contribution < -0.4 is 14.2 Å². The van der Waals surface area contributed by atoms with Gasteiger partial charge in [0.05, 0.1) is 19.3 Å². The van der Waals surface area contributed by atoms with Crippen molar-refractivity contribution >= 4 is 11.9 Å². The fourth-order valence-electron chi connectivity index (χ4n) is 4.12. The third kappa shape index (κ3) is 10.0. The second kappa shape index (κ2) is 16.3. The zero-order chi connectivity index (χ0) is 28.7. The lowest BCUT2D eigenvalue weighted by Gasteiger charge is -2.25. The molecule has 0 N–H and O–H groups in total. The van der Waals surface area contributed by atoms with Crippen LogP contribution in [-0.2, 0) is 6.54 Å². The van der Waals surface area contributed by atoms with E-state index >= 15 is 0 Å². The molecule has 0 bridgehead atoms. The minimum Gasteiger partial charge on any atom is -0.497 e. The summed E-state index contributed by atoms with van der Waals surface area (Å²) < 4.78 is 16.6. The molecular formula is C33H42N2O5. The number of nitrogens with zero attached hydrogens (tertiary/aromatic N) is 2. The Kier molecular flexibility index (Phi) is 12.5. The van der Waals surface area contributed by atoms with Gasteiger partial charge in [0.25, 0.3) is 5.91 Å². The van der Waals surface area contributed by atoms with E-state index in [0.29, 0.717) is 42.3 Å². The first-order valence-electron chi connectivity index (χ1n) is 14.0. The first kappa shape index (κ1) is 30.7. The highest BCUT2D eigenvalue weighted by Gasteiger charge is 2.17. The molecule has 0 aliphatic rings. The molecule has 3 rings (SSSR count). The molecule has 0 radical (unpaired) electrons. The van der Waals surface area contributed by atoms with E-state index in [9.17, 15) is 9.59 Å². The van der Waals surface area contributed by atoms with Crippen molar-refractivity contribution < 1.29 is 23.8 Å². The van der Waals surface area contributed by atoms with Gasteiger partial charge < -0.3 is 24.0 Å². The van der Waals surface area contributed by atoms with E-state index in [1.807, 2.05) is 36.0 Å². The molecular weight excluding hydrogens is 504 g/mol. The van der Waals surface area contributed by atoms with Gasteiger partial charge in [-0.25, -0.2) is 4.79 Å². The number of carbonyl (C=O) groups is 2. The molecule has 214 valence electrons. The van der Waals surface area contributed by atoms with Crippen molar-refractivity contribution in [1.29, 1.82) is 0 Å². The summed E-state index contributed by atoms with van der Waals surface area (Å²) in [6, 6.07) is 21.4. The van der Waals surface area contributed by atoms with Gasteiger partial charge in [0.1, 0.15) is 17.2 Å². The molecule has 0 aromatic heterocycles. The number of hydrogen-bond acceptors (Lipinski definition) is 6. The fraction of sp³-hybridized carbons (Fsp3) is 0.394. The number of likely N-dealkylation sites (N-methyl/N-ethyl adjacent to an activating group) is 1. The van der Waals surface area contributed by atoms with Crippen molar-refractivity contribution in [1.82, 2.24) is 9.80 Å². The molecule has 40 heavy (non-hydrogen) atoms. The second-order valence-corrected chi connectivity index (χ2v) is 10.1. The summed E-state index contributed by atoms with van der Waals surface area (Å²) in [5, 5.41) is 0. The molecule has 7 nitrogen and oxygen atoms in total. The van der Waals surface area contributed by atoms with Crippen LogP contribution in [0.15, 0.2) is 72.8 Å². The monoisotopic (exact) mass is 546 g/mol. The van der Waals surface area contributed by atoms with E-state index in [1.54, 1.807) is 67.8 Å². The molecule has 0 aliphatic heterocycles. The lowest BCUT2D eigenvalue weighted by atomic mass is 10.1. The second-order valence-electron chi connectivity index (χ2n) is 10.1. The predicted octanol–water partition coefficient (Wildman–Crippen LogP) is 6.47. The Balaban J connectivity index is 1.55. The Morgan fingerprint density at radius 1 is 0.700 bits per heavy atom. The van der Waals surface area contributed by atoms with Gasteiger partial charge in [-0.3, -0.25) is 4.79 Å². The van der Waals surface area contributed by atoms with Gasteiger partial charge in [0.2, 0.25) is 0 Å². The van der Waals surface area contributed by atoms with Crippen molar-refractivity contribution in [2.75, 3.05) is 40.9 Å². The van der Waals surface area contributed by atoms with Gasteiger partial charge >= 0.3 is 5.97 Å². The van der Waals surface area contributed by atoms with E-state index in [4.69, 9.17) is 14.2 Å². The van der Waals surface area contributed by atoms with E-state index < -0.39 is 5.97 Å². The molecule has 0 heterocycles. The number of carbonyl (C=O) groups excluding carboxylic acids is 2. The van der Waals surface area contributed by atoms with E-state index in [-0.39, 0.29) is 5.91 Å². The minimum atomic E-state index is -0.429. The van der Waals surface area contributed by atoms with E-state index in [1.165, 1.54) is 25.7 Å². The zero-order valence-electron chi connectivity index (χ0n) is 24.2. The molecule has 0 saturated heterocycles. The smallest absolute Gasteiger partial charge is 0.343 e. The Bertz CT molecular complexity index is 1170. The molecule has 0 aliphatic carbocycles. The van der Waals surface area contributed by atoms with Crippen molar-refractivity contribution in [2.24, 2.45) is 0 Å². The Labute approximate surface area is 238 Å². The lowest BCUT2D eigenvalue weighted by molar-refractivity contribution is 0.0727. The minimum absolute atomic E-state index is 0.0519. The molecule has 0 spiro atoms. The summed E-state index contributed by atoms with van der Waals surface area (Å²) in [5.41, 5.74) is 2.00. The summed E-state index contributed by atoms with van der Waals surface area (Å²) in [6.45, 7) is 4.63. The van der Waals surface area contributed by atoms with Gasteiger partial charge in [0, 0.05) is 25.2 Å². The van der Waals surface area contributed by atoms with Crippen LogP contribution in [0.25, 0.3) is 0 Å². The SMILES string of the molecule is CCCCCCCOc1ccc(C(=O)Oc2ccc(CN(CCN(C)C)C(=O)c3ccc(OC)cc3)cc2)cc1. The molecule has 0 saturated carbocycles. The number of amides is 1. The van der Waals surface area contributed by atoms with E-state index in [2.05, 4.69) is 6.92 Å². The molecule has 1 amide bonds. The lowest BCUT2D eigenvalue weighted by Crippen LogP contribution is -2.36. The average Bonchev–Trinajstić information content (AvgIpc) is 2.97. The van der Waals surface area contributed by atoms with Crippen LogP contribution in [0.4, 0.5) is 0 Å². The largest absolute Gasteiger partial charge is 0.497 e. The predicted molar refractivity (Wildman–Crippen MR) is 158 cm³/mol. The van der Waals surface area contributed by atoms with Crippen LogP contribution >= 0.6 is 0 Å². The summed E-state index contributed by atoms with van der Waals surface area (Å²) in [4.78, 5) is 29.8. The summed E-state index contributed by atoms with van der Waals surface area (Å²) in [5.74, 6) is 1.42. The van der Waals surface area contributed by atoms with Crippen LogP contribution in [0.2, 0.25) is 0 Å². The quantitative estimate of drug-likeness (QED) is 0.117. The first-order chi connectivity index (χ1) is 19.4. The Hall–Kier alpha value is -3.84. The number of hydrogen-bond donors (Lipinski definition) is 0. The number of benzene rings is 3. The van der Waals surface area contributed by atoms with Crippen LogP contribution in [0.1, 0.15) is 65.3 Å². The normalized spacial score (nSPS) is 10.8. The van der Waals surface area contributed by atoms with Gasteiger partial charge in [-0.2, -0.15) is 0 Å². The molecule has 3 aromatic carbocycles. The number of rotatable bonds is 16. The number of ether oxygens (including phenoxy) is 3. The van der Waals surface area contributed by atoms with Gasteiger partial charge in [-0.1, -0.05) is 44.7 Å². The van der Waals surface area contributed by atoms with Gasteiger partial charge in [-0.05, 0) is 86.7 Å². The van der Waals surface area contributed by atoms with Crippen LogP contribution in [0, 0.1) is 0 Å². The average molecular weight is 547 g/mol. The van der Waals surface area contributed by atoms with Crippen molar-refractivity contribution in [3.63, 3.8) is 0 Å². The maximum atomic E-state index is 13.3. The Morgan fingerprint density at radius 3 is 1.93 bits per heavy atom. The molecule has 3 aromatic rings. The standard InChI is InChI=1S/C33H42N2O5/c1-5-6-7-8-9-24-39-30-20-14-28(15-21-30)33(37)40-31-16-10-26(11-17-31)25-35(23-22-34(2)3)32(36)27-12-18-29(38-4)19-13-27/h10-21H,5-9,22-25H2,1-4H3. The highest BCUT2D eigenvalue weighted by atomic mass is 16.5. The van der Waals surface area contributed by atoms with Crippen molar-refractivity contribution in [3.05, 3.63) is 89.5 Å². The zero-order valence-corrected chi connectivity index (χ0v) is 24.2. The maximum Gasteiger partial charge on any atom is 0.343 e. The van der Waals surface area contributed by atoms with Gasteiger partial charge in [-0.15, -0.1) is 0 Å². The highest BCUT2D eigenvalue weighted by molar-refractivity contribution is 5.94. The number of esters is 1. The third-order valence-corrected chi connectivity index (χ3v) is 6.56. The molecule has 0 fully saturated rings. The highest BCUT2D eigenvalue weighted by Crippen LogP contribution is 2.19. The number of methoxy groups -OCH3 is 1. The summed E-state index contributed by atoms with van der Waals surface area (Å²) in [7, 11) is 5.56. The molecule has 0 atom stereocenters. The maximum absolute atomic E-state index is 13.3. The summed E-state index contributed by atoms with van der Waals surface area (Å²) in [6.07, 6.45) is 5.93. The van der Waals surface area contributed by atoms with Crippen molar-refractivity contribution in [2.45, 2.75) is 45.6 Å². The van der Waals surface area contributed by atoms with Crippen LogP contribution in [0.3, 0.4) is 0 Å². The molecule has 0 unspecified atom stereocenters. The summed E-state index contributed by atoms with van der Waals surface area (Å²) >= 11 is 0. The van der Waals surface area contributed by atoms with E-state index in [0.717, 1.165) is 24.3 Å². The van der Waals surface area contributed by atoms with Gasteiger partial charge in [0.15, 0.2) is 0 Å². The Morgan fingerprint density at radius 2 is 1.30 bits per heavy atom. The van der Waals surface area contributed by atoms with Crippen LogP contribution in [-0.4, -0.2) is 62.6 Å². The fourth-order valence-corrected chi connectivity index (χ4v) is 4.12. The molecule has 7 heteroatoms. The first-order valence-corrected chi connectivity index (χ1v) is 14.0. The van der Waals surface area contributed by atoms with Crippen molar-refractivity contribution in [3.8, 4) is 17.2 Å². The van der Waals surface area contributed by atoms with Crippen LogP contribution in [0.5, 0.6) is 17.2 Å². The topological polar surface area (TPSA) is 68.3 Å². The number of unbranched alkanes of at least 4 members (excludes halogenated alkanes) is 4. The third-order valence-electron chi connectivity index (χ3n) is 6.56.